The number of fused-ring (bicyclic) bond motifs is 3. The first-order valence-corrected chi connectivity index (χ1v) is 8.58. The van der Waals surface area contributed by atoms with Crippen molar-refractivity contribution in [3.63, 3.8) is 0 Å². The maximum atomic E-state index is 12.2. The summed E-state index contributed by atoms with van der Waals surface area (Å²) in [6.07, 6.45) is 5.72. The van der Waals surface area contributed by atoms with Crippen LogP contribution in [0.4, 0.5) is 0 Å². The highest BCUT2D eigenvalue weighted by molar-refractivity contribution is 5.77. The summed E-state index contributed by atoms with van der Waals surface area (Å²) in [4.78, 5) is 23.6. The quantitative estimate of drug-likeness (QED) is 0.858. The standard InChI is InChI=1S/C19H24O5/c1-23-17-9-15-12(11-5-3-4-6-13(11)17)7-8-14(19(22)24-2)16(15)10-18(20)21/h9,14,16H,3-8,10H2,1-2H3,(H,20,21). The predicted octanol–water partition coefficient (Wildman–Crippen LogP) is 2.87. The summed E-state index contributed by atoms with van der Waals surface area (Å²) in [5.41, 5.74) is 4.82. The molecule has 2 unspecified atom stereocenters. The number of benzene rings is 1. The van der Waals surface area contributed by atoms with Gasteiger partial charge in [0.1, 0.15) is 5.75 Å². The maximum Gasteiger partial charge on any atom is 0.309 e. The lowest BCUT2D eigenvalue weighted by Gasteiger charge is -2.35. The Morgan fingerprint density at radius 2 is 1.83 bits per heavy atom. The molecule has 1 N–H and O–H groups in total. The van der Waals surface area contributed by atoms with Crippen LogP contribution in [0.5, 0.6) is 5.75 Å². The zero-order valence-corrected chi connectivity index (χ0v) is 14.3. The lowest BCUT2D eigenvalue weighted by molar-refractivity contribution is -0.147. The highest BCUT2D eigenvalue weighted by atomic mass is 16.5. The zero-order valence-electron chi connectivity index (χ0n) is 14.3. The van der Waals surface area contributed by atoms with Crippen molar-refractivity contribution in [1.29, 1.82) is 0 Å². The van der Waals surface area contributed by atoms with E-state index in [4.69, 9.17) is 9.47 Å². The van der Waals surface area contributed by atoms with Gasteiger partial charge in [-0.25, -0.2) is 0 Å². The minimum absolute atomic E-state index is 0.0608. The SMILES string of the molecule is COC(=O)C1CCc2c(cc(OC)c3c2CCCC3)C1CC(=O)O. The topological polar surface area (TPSA) is 72.8 Å². The Hall–Kier alpha value is -2.04. The Balaban J connectivity index is 2.12. The van der Waals surface area contributed by atoms with Crippen LogP contribution < -0.4 is 4.74 Å². The molecule has 2 aliphatic rings. The van der Waals surface area contributed by atoms with Crippen LogP contribution in [0.3, 0.4) is 0 Å². The Labute approximate surface area is 142 Å². The summed E-state index contributed by atoms with van der Waals surface area (Å²) in [6, 6.07) is 1.97. The maximum absolute atomic E-state index is 12.2. The number of carbonyl (C=O) groups is 2. The van der Waals surface area contributed by atoms with Crippen molar-refractivity contribution in [2.45, 2.75) is 50.9 Å². The predicted molar refractivity (Wildman–Crippen MR) is 88.5 cm³/mol. The number of carboxylic acid groups (broad SMARTS) is 1. The molecule has 1 aromatic carbocycles. The fourth-order valence-electron chi connectivity index (χ4n) is 4.40. The number of esters is 1. The number of ether oxygens (including phenoxy) is 2. The molecule has 2 aliphatic carbocycles. The highest BCUT2D eigenvalue weighted by Gasteiger charge is 2.38. The molecule has 0 amide bonds. The Bertz CT molecular complexity index is 664. The molecule has 0 spiro atoms. The second-order valence-electron chi connectivity index (χ2n) is 6.68. The van der Waals surface area contributed by atoms with Crippen LogP contribution >= 0.6 is 0 Å². The molecule has 0 bridgehead atoms. The van der Waals surface area contributed by atoms with Gasteiger partial charge in [-0.2, -0.15) is 0 Å². The van der Waals surface area contributed by atoms with E-state index in [2.05, 4.69) is 0 Å². The molecule has 0 heterocycles. The van der Waals surface area contributed by atoms with Gasteiger partial charge in [0.15, 0.2) is 0 Å². The average Bonchev–Trinajstić information content (AvgIpc) is 2.60. The van der Waals surface area contributed by atoms with Crippen LogP contribution in [-0.2, 0) is 33.6 Å². The molecule has 5 heteroatoms. The van der Waals surface area contributed by atoms with Gasteiger partial charge in [-0.05, 0) is 66.8 Å². The molecule has 0 aromatic heterocycles. The summed E-state index contributed by atoms with van der Waals surface area (Å²) in [7, 11) is 3.02. The highest BCUT2D eigenvalue weighted by Crippen LogP contribution is 2.45. The lowest BCUT2D eigenvalue weighted by atomic mass is 9.70. The normalized spacial score (nSPS) is 22.2. The number of carboxylic acids is 1. The third kappa shape index (κ3) is 2.87. The van der Waals surface area contributed by atoms with Gasteiger partial charge in [0, 0.05) is 5.92 Å². The number of hydrogen-bond acceptors (Lipinski definition) is 4. The third-order valence-electron chi connectivity index (χ3n) is 5.47. The van der Waals surface area contributed by atoms with Crippen molar-refractivity contribution in [2.24, 2.45) is 5.92 Å². The Kier molecular flexibility index (Phi) is 4.78. The molecular weight excluding hydrogens is 308 g/mol. The minimum atomic E-state index is -0.890. The molecule has 0 radical (unpaired) electrons. The molecule has 0 aliphatic heterocycles. The van der Waals surface area contributed by atoms with E-state index in [0.29, 0.717) is 6.42 Å². The number of carbonyl (C=O) groups excluding carboxylic acids is 1. The first-order valence-electron chi connectivity index (χ1n) is 8.58. The number of methoxy groups -OCH3 is 2. The fraction of sp³-hybridized carbons (Fsp3) is 0.579. The van der Waals surface area contributed by atoms with Crippen molar-refractivity contribution in [2.75, 3.05) is 14.2 Å². The second-order valence-corrected chi connectivity index (χ2v) is 6.68. The van der Waals surface area contributed by atoms with Crippen LogP contribution in [0.2, 0.25) is 0 Å². The fourth-order valence-corrected chi connectivity index (χ4v) is 4.40. The van der Waals surface area contributed by atoms with Gasteiger partial charge < -0.3 is 14.6 Å². The van der Waals surface area contributed by atoms with Gasteiger partial charge >= 0.3 is 11.9 Å². The smallest absolute Gasteiger partial charge is 0.309 e. The van der Waals surface area contributed by atoms with E-state index < -0.39 is 11.9 Å². The Morgan fingerprint density at radius 3 is 2.46 bits per heavy atom. The van der Waals surface area contributed by atoms with Crippen LogP contribution in [0, 0.1) is 5.92 Å². The van der Waals surface area contributed by atoms with E-state index in [1.54, 1.807) is 7.11 Å². The molecule has 3 rings (SSSR count). The Morgan fingerprint density at radius 1 is 1.12 bits per heavy atom. The first-order chi connectivity index (χ1) is 11.6. The summed E-state index contributed by atoms with van der Waals surface area (Å²) >= 11 is 0. The van der Waals surface area contributed by atoms with Crippen LogP contribution in [-0.4, -0.2) is 31.3 Å². The molecule has 24 heavy (non-hydrogen) atoms. The van der Waals surface area contributed by atoms with Crippen LogP contribution in [0.1, 0.15) is 53.9 Å². The van der Waals surface area contributed by atoms with Crippen LogP contribution in [0.25, 0.3) is 0 Å². The van der Waals surface area contributed by atoms with Gasteiger partial charge in [-0.15, -0.1) is 0 Å². The average molecular weight is 332 g/mol. The van der Waals surface area contributed by atoms with E-state index in [-0.39, 0.29) is 18.3 Å². The van der Waals surface area contributed by atoms with Gasteiger partial charge in [0.05, 0.1) is 26.6 Å². The van der Waals surface area contributed by atoms with Crippen molar-refractivity contribution in [3.8, 4) is 5.75 Å². The van der Waals surface area contributed by atoms with E-state index in [9.17, 15) is 14.7 Å². The van der Waals surface area contributed by atoms with E-state index in [1.807, 2.05) is 6.07 Å². The zero-order chi connectivity index (χ0) is 17.3. The molecule has 0 fully saturated rings. The number of hydrogen-bond donors (Lipinski definition) is 1. The molecule has 2 atom stereocenters. The van der Waals surface area contributed by atoms with Gasteiger partial charge in [-0.1, -0.05) is 0 Å². The summed E-state index contributed by atoms with van der Waals surface area (Å²) in [6.45, 7) is 0. The summed E-state index contributed by atoms with van der Waals surface area (Å²) < 4.78 is 10.5. The first kappa shape index (κ1) is 16.8. The van der Waals surface area contributed by atoms with Gasteiger partial charge in [-0.3, -0.25) is 9.59 Å². The van der Waals surface area contributed by atoms with Crippen LogP contribution in [0.15, 0.2) is 6.07 Å². The lowest BCUT2D eigenvalue weighted by Crippen LogP contribution is -2.31. The van der Waals surface area contributed by atoms with E-state index in [1.165, 1.54) is 23.8 Å². The van der Waals surface area contributed by atoms with Crippen molar-refractivity contribution in [1.82, 2.24) is 0 Å². The monoisotopic (exact) mass is 332 g/mol. The molecular formula is C19H24O5. The van der Waals surface area contributed by atoms with E-state index in [0.717, 1.165) is 43.4 Å². The minimum Gasteiger partial charge on any atom is -0.496 e. The molecule has 1 aromatic rings. The summed E-state index contributed by atoms with van der Waals surface area (Å²) in [5.74, 6) is -1.11. The molecule has 0 saturated heterocycles. The number of rotatable bonds is 4. The molecule has 0 saturated carbocycles. The molecule has 5 nitrogen and oxygen atoms in total. The van der Waals surface area contributed by atoms with Gasteiger partial charge in [0.2, 0.25) is 0 Å². The van der Waals surface area contributed by atoms with Gasteiger partial charge in [0.25, 0.3) is 0 Å². The van der Waals surface area contributed by atoms with E-state index >= 15 is 0 Å². The van der Waals surface area contributed by atoms with Crippen molar-refractivity contribution in [3.05, 3.63) is 28.3 Å². The largest absolute Gasteiger partial charge is 0.496 e. The number of aliphatic carboxylic acids is 1. The van der Waals surface area contributed by atoms with Crippen molar-refractivity contribution < 1.29 is 24.2 Å². The summed E-state index contributed by atoms with van der Waals surface area (Å²) in [5, 5.41) is 9.35. The third-order valence-corrected chi connectivity index (χ3v) is 5.47. The van der Waals surface area contributed by atoms with Crippen molar-refractivity contribution >= 4 is 11.9 Å². The molecule has 130 valence electrons. The second kappa shape index (κ2) is 6.83.